The summed E-state index contributed by atoms with van der Waals surface area (Å²) in [6.07, 6.45) is 3.68. The van der Waals surface area contributed by atoms with Crippen molar-refractivity contribution in [3.63, 3.8) is 0 Å². The Labute approximate surface area is 189 Å². The average molecular weight is 438 g/mol. The Morgan fingerprint density at radius 3 is 2.34 bits per heavy atom. The number of benzene rings is 2. The van der Waals surface area contributed by atoms with Gasteiger partial charge in [-0.3, -0.25) is 9.80 Å². The molecule has 7 heteroatoms. The second-order valence-electron chi connectivity index (χ2n) is 8.92. The predicted molar refractivity (Wildman–Crippen MR) is 123 cm³/mol. The molecule has 0 bridgehead atoms. The second-order valence-corrected chi connectivity index (χ2v) is 8.92. The SMILES string of the molecule is COC(=O)COc1ccccc1N1C[C@]2(CC[C@](c3ccccc3)(N(C)C)CC2)NC1=O. The number of rotatable bonds is 6. The predicted octanol–water partition coefficient (Wildman–Crippen LogP) is 3.54. The number of hydrogen-bond donors (Lipinski definition) is 1. The molecule has 2 aromatic carbocycles. The van der Waals surface area contributed by atoms with Crippen LogP contribution in [0, 0.1) is 0 Å². The van der Waals surface area contributed by atoms with Crippen molar-refractivity contribution in [2.45, 2.75) is 36.8 Å². The average Bonchev–Trinajstić information content (AvgIpc) is 3.14. The lowest BCUT2D eigenvalue weighted by atomic mass is 9.69. The molecule has 1 aliphatic heterocycles. The number of methoxy groups -OCH3 is 1. The molecule has 1 aliphatic carbocycles. The molecule has 1 N–H and O–H groups in total. The minimum Gasteiger partial charge on any atom is -0.480 e. The van der Waals surface area contributed by atoms with Crippen molar-refractivity contribution in [1.82, 2.24) is 10.2 Å². The molecular weight excluding hydrogens is 406 g/mol. The number of anilines is 1. The van der Waals surface area contributed by atoms with E-state index < -0.39 is 5.97 Å². The topological polar surface area (TPSA) is 71.1 Å². The smallest absolute Gasteiger partial charge is 0.343 e. The fraction of sp³-hybridized carbons (Fsp3) is 0.440. The van der Waals surface area contributed by atoms with E-state index in [1.807, 2.05) is 24.3 Å². The lowest BCUT2D eigenvalue weighted by molar-refractivity contribution is -0.142. The maximum atomic E-state index is 13.0. The standard InChI is InChI=1S/C25H31N3O4/c1-27(2)25(19-9-5-4-6-10-19)15-13-24(14-16-25)18-28(23(30)26-24)20-11-7-8-12-21(20)32-17-22(29)31-3/h4-12H,13-18H2,1-3H3,(H,26,30)/t24-,25+. The number of esters is 1. The van der Waals surface area contributed by atoms with Crippen LogP contribution >= 0.6 is 0 Å². The number of para-hydroxylation sites is 2. The Kier molecular flexibility index (Phi) is 6.11. The number of amides is 2. The van der Waals surface area contributed by atoms with E-state index >= 15 is 0 Å². The molecule has 0 atom stereocenters. The summed E-state index contributed by atoms with van der Waals surface area (Å²) in [4.78, 5) is 28.6. The van der Waals surface area contributed by atoms with Gasteiger partial charge in [0, 0.05) is 5.54 Å². The van der Waals surface area contributed by atoms with Crippen LogP contribution in [0.3, 0.4) is 0 Å². The summed E-state index contributed by atoms with van der Waals surface area (Å²) in [5.74, 6) is 0.0307. The van der Waals surface area contributed by atoms with Crippen LogP contribution in [0.1, 0.15) is 31.2 Å². The maximum absolute atomic E-state index is 13.0. The highest BCUT2D eigenvalue weighted by Gasteiger charge is 2.50. The molecule has 1 spiro atoms. The van der Waals surface area contributed by atoms with E-state index in [9.17, 15) is 9.59 Å². The monoisotopic (exact) mass is 437 g/mol. The summed E-state index contributed by atoms with van der Waals surface area (Å²) >= 11 is 0. The molecule has 4 rings (SSSR count). The van der Waals surface area contributed by atoms with Crippen molar-refractivity contribution in [2.24, 2.45) is 0 Å². The van der Waals surface area contributed by atoms with Gasteiger partial charge >= 0.3 is 12.0 Å². The first kappa shape index (κ1) is 22.1. The molecule has 2 aromatic rings. The normalized spacial score (nSPS) is 25.1. The first-order valence-corrected chi connectivity index (χ1v) is 11.0. The summed E-state index contributed by atoms with van der Waals surface area (Å²) in [5.41, 5.74) is 1.67. The van der Waals surface area contributed by atoms with Crippen molar-refractivity contribution in [1.29, 1.82) is 0 Å². The number of carbonyl (C=O) groups is 2. The van der Waals surface area contributed by atoms with Crippen LogP contribution in [0.2, 0.25) is 0 Å². The Balaban J connectivity index is 1.52. The summed E-state index contributed by atoms with van der Waals surface area (Å²) in [6.45, 7) is 0.374. The molecule has 1 saturated carbocycles. The number of ether oxygens (including phenoxy) is 2. The van der Waals surface area contributed by atoms with E-state index in [4.69, 9.17) is 4.74 Å². The summed E-state index contributed by atoms with van der Waals surface area (Å²) in [6, 6.07) is 17.8. The molecule has 1 saturated heterocycles. The Hall–Kier alpha value is -3.06. The van der Waals surface area contributed by atoms with E-state index in [1.165, 1.54) is 12.7 Å². The van der Waals surface area contributed by atoms with Crippen molar-refractivity contribution in [3.8, 4) is 5.75 Å². The van der Waals surface area contributed by atoms with Crippen LogP contribution in [0.4, 0.5) is 10.5 Å². The summed E-state index contributed by atoms with van der Waals surface area (Å²) in [5, 5.41) is 3.27. The van der Waals surface area contributed by atoms with E-state index in [0.29, 0.717) is 18.0 Å². The van der Waals surface area contributed by atoms with Gasteiger partial charge in [-0.25, -0.2) is 9.59 Å². The van der Waals surface area contributed by atoms with Crippen LogP contribution in [0.15, 0.2) is 54.6 Å². The van der Waals surface area contributed by atoms with Gasteiger partial charge in [0.2, 0.25) is 0 Å². The Morgan fingerprint density at radius 1 is 1.03 bits per heavy atom. The lowest BCUT2D eigenvalue weighted by Crippen LogP contribution is -2.54. The van der Waals surface area contributed by atoms with Gasteiger partial charge in [-0.2, -0.15) is 0 Å². The van der Waals surface area contributed by atoms with Gasteiger partial charge in [0.15, 0.2) is 6.61 Å². The van der Waals surface area contributed by atoms with E-state index in [1.54, 1.807) is 11.0 Å². The molecule has 1 heterocycles. The highest BCUT2D eigenvalue weighted by Crippen LogP contribution is 2.46. The molecule has 7 nitrogen and oxygen atoms in total. The zero-order valence-corrected chi connectivity index (χ0v) is 19.0. The highest BCUT2D eigenvalue weighted by molar-refractivity contribution is 5.96. The number of nitrogens with one attached hydrogen (secondary N) is 1. The fourth-order valence-corrected chi connectivity index (χ4v) is 5.07. The molecule has 2 aliphatic rings. The Bertz CT molecular complexity index is 968. The number of carbonyl (C=O) groups excluding carboxylic acids is 2. The highest BCUT2D eigenvalue weighted by atomic mass is 16.6. The van der Waals surface area contributed by atoms with Gasteiger partial charge in [0.25, 0.3) is 0 Å². The van der Waals surface area contributed by atoms with Crippen LogP contribution in [-0.4, -0.2) is 56.8 Å². The largest absolute Gasteiger partial charge is 0.480 e. The summed E-state index contributed by atoms with van der Waals surface area (Å²) < 4.78 is 10.3. The lowest BCUT2D eigenvalue weighted by Gasteiger charge is -2.48. The van der Waals surface area contributed by atoms with E-state index in [2.05, 4.69) is 53.3 Å². The van der Waals surface area contributed by atoms with Crippen LogP contribution in [-0.2, 0) is 15.1 Å². The third kappa shape index (κ3) is 4.05. The van der Waals surface area contributed by atoms with E-state index in [0.717, 1.165) is 25.7 Å². The second kappa shape index (κ2) is 8.82. The van der Waals surface area contributed by atoms with Crippen molar-refractivity contribution < 1.29 is 19.1 Å². The van der Waals surface area contributed by atoms with Gasteiger partial charge in [0.1, 0.15) is 5.75 Å². The molecule has 32 heavy (non-hydrogen) atoms. The minimum absolute atomic E-state index is 0.0355. The van der Waals surface area contributed by atoms with Crippen LogP contribution < -0.4 is 15.0 Å². The van der Waals surface area contributed by atoms with Gasteiger partial charge < -0.3 is 14.8 Å². The zero-order valence-electron chi connectivity index (χ0n) is 19.0. The quantitative estimate of drug-likeness (QED) is 0.700. The minimum atomic E-state index is -0.463. The number of hydrogen-bond acceptors (Lipinski definition) is 5. The van der Waals surface area contributed by atoms with Crippen molar-refractivity contribution in [2.75, 3.05) is 39.3 Å². The van der Waals surface area contributed by atoms with Gasteiger partial charge in [-0.1, -0.05) is 42.5 Å². The number of nitrogens with zero attached hydrogens (tertiary/aromatic N) is 2. The van der Waals surface area contributed by atoms with Gasteiger partial charge in [-0.05, 0) is 57.5 Å². The molecule has 2 amide bonds. The van der Waals surface area contributed by atoms with Crippen molar-refractivity contribution in [3.05, 3.63) is 60.2 Å². The molecular formula is C25H31N3O4. The molecule has 0 radical (unpaired) electrons. The number of urea groups is 1. The molecule has 0 unspecified atom stereocenters. The molecule has 170 valence electrons. The molecule has 2 fully saturated rings. The van der Waals surface area contributed by atoms with Gasteiger partial charge in [-0.15, -0.1) is 0 Å². The molecule has 0 aromatic heterocycles. The first-order valence-electron chi connectivity index (χ1n) is 11.0. The van der Waals surface area contributed by atoms with E-state index in [-0.39, 0.29) is 23.7 Å². The first-order chi connectivity index (χ1) is 15.4. The third-order valence-corrected chi connectivity index (χ3v) is 7.01. The Morgan fingerprint density at radius 2 is 1.69 bits per heavy atom. The van der Waals surface area contributed by atoms with Crippen molar-refractivity contribution >= 4 is 17.7 Å². The third-order valence-electron chi connectivity index (χ3n) is 7.01. The van der Waals surface area contributed by atoms with Crippen LogP contribution in [0.5, 0.6) is 5.75 Å². The van der Waals surface area contributed by atoms with Gasteiger partial charge in [0.05, 0.1) is 24.9 Å². The zero-order chi connectivity index (χ0) is 22.8. The fourth-order valence-electron chi connectivity index (χ4n) is 5.07. The van der Waals surface area contributed by atoms with Crippen LogP contribution in [0.25, 0.3) is 0 Å². The summed E-state index contributed by atoms with van der Waals surface area (Å²) in [7, 11) is 5.60. The maximum Gasteiger partial charge on any atom is 0.343 e.